The van der Waals surface area contributed by atoms with Crippen molar-refractivity contribution in [1.29, 1.82) is 0 Å². The van der Waals surface area contributed by atoms with E-state index in [1.54, 1.807) is 0 Å². The molecule has 0 aliphatic heterocycles. The van der Waals surface area contributed by atoms with Gasteiger partial charge in [0.1, 0.15) is 0 Å². The van der Waals surface area contributed by atoms with Gasteiger partial charge in [0.15, 0.2) is 19.7 Å². The SMILES string of the molecule is CC(CC(=O)O)S(=O)(=O)CCS(=O)(=O)C(C)(C)C. The standard InChI is InChI=1S/C10H20O6S2/c1-8(7-9(11)12)17(13,14)5-6-18(15,16)10(2,3)4/h8H,5-7H2,1-4H3,(H,11,12). The molecule has 0 aromatic rings. The highest BCUT2D eigenvalue weighted by Crippen LogP contribution is 2.17. The van der Waals surface area contributed by atoms with Gasteiger partial charge in [-0.05, 0) is 27.7 Å². The van der Waals surface area contributed by atoms with Crippen LogP contribution in [0.1, 0.15) is 34.1 Å². The third kappa shape index (κ3) is 4.93. The van der Waals surface area contributed by atoms with Crippen molar-refractivity contribution in [1.82, 2.24) is 0 Å². The molecule has 0 bridgehead atoms. The summed E-state index contributed by atoms with van der Waals surface area (Å²) >= 11 is 0. The number of sulfone groups is 2. The highest BCUT2D eigenvalue weighted by molar-refractivity contribution is 7.96. The van der Waals surface area contributed by atoms with E-state index in [9.17, 15) is 21.6 Å². The van der Waals surface area contributed by atoms with Crippen LogP contribution in [0.3, 0.4) is 0 Å². The van der Waals surface area contributed by atoms with Crippen LogP contribution in [0.15, 0.2) is 0 Å². The van der Waals surface area contributed by atoms with Crippen LogP contribution >= 0.6 is 0 Å². The van der Waals surface area contributed by atoms with Gasteiger partial charge in [0.05, 0.1) is 27.9 Å². The minimum Gasteiger partial charge on any atom is -0.481 e. The second-order valence-corrected chi connectivity index (χ2v) is 10.6. The molecule has 0 aliphatic rings. The summed E-state index contributed by atoms with van der Waals surface area (Å²) in [5.74, 6) is -2.24. The predicted octanol–water partition coefficient (Wildman–Crippen LogP) is 0.478. The van der Waals surface area contributed by atoms with Crippen LogP contribution in [-0.4, -0.2) is 49.4 Å². The van der Waals surface area contributed by atoms with E-state index in [1.165, 1.54) is 27.7 Å². The summed E-state index contributed by atoms with van der Waals surface area (Å²) in [6.45, 7) is 5.76. The Kier molecular flexibility index (Phi) is 5.37. The van der Waals surface area contributed by atoms with Crippen molar-refractivity contribution in [2.75, 3.05) is 11.5 Å². The molecular weight excluding hydrogens is 280 g/mol. The summed E-state index contributed by atoms with van der Waals surface area (Å²) in [4.78, 5) is 10.4. The Morgan fingerprint density at radius 1 is 1.11 bits per heavy atom. The average Bonchev–Trinajstić information content (AvgIpc) is 2.12. The lowest BCUT2D eigenvalue weighted by atomic mass is 10.3. The van der Waals surface area contributed by atoms with E-state index in [0.717, 1.165) is 0 Å². The summed E-state index contributed by atoms with van der Waals surface area (Å²) in [5.41, 5.74) is 0. The van der Waals surface area contributed by atoms with E-state index in [1.807, 2.05) is 0 Å². The Bertz CT molecular complexity index is 495. The van der Waals surface area contributed by atoms with Gasteiger partial charge in [-0.15, -0.1) is 0 Å². The molecule has 1 N–H and O–H groups in total. The molecule has 0 fully saturated rings. The Hall–Kier alpha value is -0.630. The molecule has 1 atom stereocenters. The normalized spacial score (nSPS) is 15.3. The first kappa shape index (κ1) is 17.4. The lowest BCUT2D eigenvalue weighted by molar-refractivity contribution is -0.136. The lowest BCUT2D eigenvalue weighted by Gasteiger charge is -2.19. The highest BCUT2D eigenvalue weighted by atomic mass is 32.2. The second kappa shape index (κ2) is 5.56. The van der Waals surface area contributed by atoms with Gasteiger partial charge < -0.3 is 5.11 Å². The number of hydrogen-bond donors (Lipinski definition) is 1. The summed E-state index contributed by atoms with van der Waals surface area (Å²) in [7, 11) is -7.23. The number of carboxylic acids is 1. The molecule has 8 heteroatoms. The zero-order valence-electron chi connectivity index (χ0n) is 11.0. The molecule has 0 amide bonds. The smallest absolute Gasteiger partial charge is 0.304 e. The maximum Gasteiger partial charge on any atom is 0.304 e. The number of hydrogen-bond acceptors (Lipinski definition) is 5. The number of rotatable bonds is 6. The zero-order chi connectivity index (χ0) is 14.8. The molecule has 0 heterocycles. The van der Waals surface area contributed by atoms with Crippen molar-refractivity contribution in [3.8, 4) is 0 Å². The maximum atomic E-state index is 11.8. The molecule has 0 saturated carbocycles. The van der Waals surface area contributed by atoms with E-state index in [0.29, 0.717) is 0 Å². The number of carbonyl (C=O) groups is 1. The molecule has 1 unspecified atom stereocenters. The Balaban J connectivity index is 4.79. The summed E-state index contributed by atoms with van der Waals surface area (Å²) in [6.07, 6.45) is -0.516. The minimum absolute atomic E-state index is 0.483. The molecule has 0 spiro atoms. The van der Waals surface area contributed by atoms with E-state index in [4.69, 9.17) is 5.11 Å². The third-order valence-electron chi connectivity index (χ3n) is 2.64. The Morgan fingerprint density at radius 2 is 1.56 bits per heavy atom. The molecular formula is C10H20O6S2. The van der Waals surface area contributed by atoms with Crippen LogP contribution < -0.4 is 0 Å². The predicted molar refractivity (Wildman–Crippen MR) is 69.0 cm³/mol. The van der Waals surface area contributed by atoms with Gasteiger partial charge in [-0.25, -0.2) is 16.8 Å². The second-order valence-electron chi connectivity index (χ2n) is 5.21. The third-order valence-corrected chi connectivity index (χ3v) is 7.68. The molecule has 0 aromatic heterocycles. The lowest BCUT2D eigenvalue weighted by Crippen LogP contribution is -2.35. The molecule has 0 radical (unpaired) electrons. The van der Waals surface area contributed by atoms with Gasteiger partial charge in [-0.2, -0.15) is 0 Å². The summed E-state index contributed by atoms with van der Waals surface area (Å²) in [6, 6.07) is 0. The van der Waals surface area contributed by atoms with Gasteiger partial charge in [0, 0.05) is 0 Å². The molecule has 108 valence electrons. The fraction of sp³-hybridized carbons (Fsp3) is 0.900. The zero-order valence-corrected chi connectivity index (χ0v) is 12.6. The van der Waals surface area contributed by atoms with Gasteiger partial charge in [0.2, 0.25) is 0 Å². The quantitative estimate of drug-likeness (QED) is 0.764. The van der Waals surface area contributed by atoms with E-state index in [-0.39, 0.29) is 0 Å². The van der Waals surface area contributed by atoms with Crippen LogP contribution in [-0.2, 0) is 24.5 Å². The van der Waals surface area contributed by atoms with Gasteiger partial charge in [-0.1, -0.05) is 0 Å². The fourth-order valence-electron chi connectivity index (χ4n) is 1.11. The molecule has 18 heavy (non-hydrogen) atoms. The maximum absolute atomic E-state index is 11.8. The summed E-state index contributed by atoms with van der Waals surface area (Å²) < 4.78 is 45.9. The molecule has 0 aliphatic carbocycles. The van der Waals surface area contributed by atoms with Crippen molar-refractivity contribution >= 4 is 25.6 Å². The average molecular weight is 300 g/mol. The summed E-state index contributed by atoms with van der Waals surface area (Å²) in [5, 5.41) is 7.44. The number of carboxylic acid groups (broad SMARTS) is 1. The molecule has 6 nitrogen and oxygen atoms in total. The first-order valence-corrected chi connectivity index (χ1v) is 8.82. The Labute approximate surface area is 108 Å². The van der Waals surface area contributed by atoms with E-state index in [2.05, 4.69) is 0 Å². The monoisotopic (exact) mass is 300 g/mol. The highest BCUT2D eigenvalue weighted by Gasteiger charge is 2.32. The first-order chi connectivity index (χ1) is 7.79. The van der Waals surface area contributed by atoms with Crippen LogP contribution in [0.5, 0.6) is 0 Å². The largest absolute Gasteiger partial charge is 0.481 e. The van der Waals surface area contributed by atoms with E-state index < -0.39 is 53.6 Å². The molecule has 0 aromatic carbocycles. The van der Waals surface area contributed by atoms with Crippen molar-refractivity contribution in [3.63, 3.8) is 0 Å². The van der Waals surface area contributed by atoms with Crippen LogP contribution in [0, 0.1) is 0 Å². The van der Waals surface area contributed by atoms with Gasteiger partial charge in [-0.3, -0.25) is 4.79 Å². The van der Waals surface area contributed by atoms with Crippen molar-refractivity contribution in [2.45, 2.75) is 44.1 Å². The minimum atomic E-state index is -3.71. The fourth-order valence-corrected chi connectivity index (χ4v) is 4.32. The Morgan fingerprint density at radius 3 is 1.89 bits per heavy atom. The van der Waals surface area contributed by atoms with Crippen molar-refractivity contribution in [2.24, 2.45) is 0 Å². The van der Waals surface area contributed by atoms with E-state index >= 15 is 0 Å². The number of aliphatic carboxylic acids is 1. The van der Waals surface area contributed by atoms with Gasteiger partial charge >= 0.3 is 5.97 Å². The van der Waals surface area contributed by atoms with Gasteiger partial charge in [0.25, 0.3) is 0 Å². The van der Waals surface area contributed by atoms with Crippen LogP contribution in [0.4, 0.5) is 0 Å². The molecule has 0 saturated heterocycles. The van der Waals surface area contributed by atoms with Crippen LogP contribution in [0.2, 0.25) is 0 Å². The topological polar surface area (TPSA) is 106 Å². The van der Waals surface area contributed by atoms with Crippen LogP contribution in [0.25, 0.3) is 0 Å². The van der Waals surface area contributed by atoms with Crippen molar-refractivity contribution in [3.05, 3.63) is 0 Å². The first-order valence-electron chi connectivity index (χ1n) is 5.45. The van der Waals surface area contributed by atoms with Crippen molar-refractivity contribution < 1.29 is 26.7 Å². The molecule has 0 rings (SSSR count).